The molecule has 0 saturated carbocycles. The van der Waals surface area contributed by atoms with Crippen molar-refractivity contribution in [3.63, 3.8) is 0 Å². The van der Waals surface area contributed by atoms with E-state index < -0.39 is 0 Å². The first-order chi connectivity index (χ1) is 9.48. The summed E-state index contributed by atoms with van der Waals surface area (Å²) in [5.74, 6) is 0.574. The maximum Gasteiger partial charge on any atom is 0.273 e. The van der Waals surface area contributed by atoms with Crippen molar-refractivity contribution in [3.8, 4) is 0 Å². The second kappa shape index (κ2) is 7.47. The average molecular weight is 296 g/mol. The van der Waals surface area contributed by atoms with Crippen molar-refractivity contribution in [1.29, 1.82) is 0 Å². The van der Waals surface area contributed by atoms with E-state index in [0.717, 1.165) is 19.4 Å². The molecule has 1 N–H and O–H groups in total. The summed E-state index contributed by atoms with van der Waals surface area (Å²) in [5, 5.41) is 11.4. The number of nitrogens with one attached hydrogen (secondary N) is 1. The predicted octanol–water partition coefficient (Wildman–Crippen LogP) is 2.51. The Labute approximate surface area is 125 Å². The van der Waals surface area contributed by atoms with Gasteiger partial charge in [-0.3, -0.25) is 4.79 Å². The number of anilines is 1. The first-order valence-electron chi connectivity index (χ1n) is 6.82. The number of aromatic nitrogens is 2. The van der Waals surface area contributed by atoms with Crippen molar-refractivity contribution in [2.45, 2.75) is 31.4 Å². The molecular formula is C14H24N4OS. The third kappa shape index (κ3) is 4.10. The van der Waals surface area contributed by atoms with Gasteiger partial charge >= 0.3 is 0 Å². The molecule has 0 radical (unpaired) electrons. The lowest BCUT2D eigenvalue weighted by atomic mass is 10.0. The normalized spacial score (nSPS) is 11.2. The summed E-state index contributed by atoms with van der Waals surface area (Å²) in [6.07, 6.45) is 4.34. The third-order valence-corrected chi connectivity index (χ3v) is 5.19. The second-order valence-electron chi connectivity index (χ2n) is 4.95. The summed E-state index contributed by atoms with van der Waals surface area (Å²) < 4.78 is 0.222. The molecular weight excluding hydrogens is 272 g/mol. The van der Waals surface area contributed by atoms with Crippen molar-refractivity contribution in [2.75, 3.05) is 32.2 Å². The fourth-order valence-electron chi connectivity index (χ4n) is 1.88. The predicted molar refractivity (Wildman–Crippen MR) is 85.4 cm³/mol. The Bertz CT molecular complexity index is 421. The number of hydrogen-bond acceptors (Lipinski definition) is 5. The lowest BCUT2D eigenvalue weighted by Gasteiger charge is -2.29. The summed E-state index contributed by atoms with van der Waals surface area (Å²) in [4.78, 5) is 13.2. The quantitative estimate of drug-likeness (QED) is 0.838. The Morgan fingerprint density at radius 1 is 1.30 bits per heavy atom. The van der Waals surface area contributed by atoms with Gasteiger partial charge in [-0.05, 0) is 31.2 Å². The van der Waals surface area contributed by atoms with Crippen LogP contribution in [-0.2, 0) is 0 Å². The lowest BCUT2D eigenvalue weighted by molar-refractivity contribution is 0.0821. The van der Waals surface area contributed by atoms with Crippen LogP contribution in [0.2, 0.25) is 0 Å². The van der Waals surface area contributed by atoms with E-state index in [1.165, 1.54) is 4.90 Å². The summed E-state index contributed by atoms with van der Waals surface area (Å²) in [7, 11) is 3.40. The first kappa shape index (κ1) is 16.8. The van der Waals surface area contributed by atoms with E-state index in [1.54, 1.807) is 26.2 Å². The van der Waals surface area contributed by atoms with Gasteiger partial charge < -0.3 is 10.2 Å². The van der Waals surface area contributed by atoms with Gasteiger partial charge in [-0.2, -0.15) is 11.8 Å². The molecule has 1 amide bonds. The molecule has 0 fully saturated rings. The van der Waals surface area contributed by atoms with Crippen LogP contribution in [0.3, 0.4) is 0 Å². The van der Waals surface area contributed by atoms with Gasteiger partial charge in [0.15, 0.2) is 5.69 Å². The van der Waals surface area contributed by atoms with E-state index in [2.05, 4.69) is 35.6 Å². The van der Waals surface area contributed by atoms with Gasteiger partial charge in [0, 0.05) is 25.4 Å². The molecule has 0 bridgehead atoms. The molecule has 5 nitrogen and oxygen atoms in total. The van der Waals surface area contributed by atoms with Crippen molar-refractivity contribution < 1.29 is 4.79 Å². The van der Waals surface area contributed by atoms with Crippen molar-refractivity contribution in [1.82, 2.24) is 15.1 Å². The first-order valence-corrected chi connectivity index (χ1v) is 8.05. The van der Waals surface area contributed by atoms with Gasteiger partial charge in [0.2, 0.25) is 0 Å². The molecule has 20 heavy (non-hydrogen) atoms. The van der Waals surface area contributed by atoms with Gasteiger partial charge in [0.1, 0.15) is 5.82 Å². The largest absolute Gasteiger partial charge is 0.367 e. The monoisotopic (exact) mass is 296 g/mol. The Morgan fingerprint density at radius 3 is 2.35 bits per heavy atom. The number of thioether (sulfide) groups is 1. The number of carbonyl (C=O) groups is 1. The highest BCUT2D eigenvalue weighted by Crippen LogP contribution is 2.30. The zero-order valence-corrected chi connectivity index (χ0v) is 13.8. The Hall–Kier alpha value is -1.30. The van der Waals surface area contributed by atoms with Crippen LogP contribution in [0.1, 0.15) is 37.2 Å². The molecule has 0 aromatic carbocycles. The highest BCUT2D eigenvalue weighted by molar-refractivity contribution is 8.00. The van der Waals surface area contributed by atoms with Crippen LogP contribution < -0.4 is 5.32 Å². The maximum atomic E-state index is 11.7. The molecule has 0 spiro atoms. The van der Waals surface area contributed by atoms with Crippen LogP contribution in [-0.4, -0.2) is 52.6 Å². The minimum absolute atomic E-state index is 0.135. The molecule has 1 heterocycles. The smallest absolute Gasteiger partial charge is 0.273 e. The van der Waals surface area contributed by atoms with Crippen molar-refractivity contribution in [3.05, 3.63) is 17.8 Å². The minimum atomic E-state index is -0.135. The third-order valence-electron chi connectivity index (χ3n) is 3.60. The number of nitrogens with zero attached hydrogens (tertiary/aromatic N) is 3. The van der Waals surface area contributed by atoms with E-state index in [1.807, 2.05) is 11.8 Å². The van der Waals surface area contributed by atoms with Crippen molar-refractivity contribution >= 4 is 23.5 Å². The van der Waals surface area contributed by atoms with Crippen LogP contribution in [0.4, 0.5) is 5.82 Å². The molecule has 1 aromatic rings. The molecule has 6 heteroatoms. The standard InChI is InChI=1S/C14H24N4OS/c1-6-14(7-2,20-5)10-15-12-9-8-11(16-17-12)13(19)18(3)4/h8-9H,6-7,10H2,1-5H3,(H,15,17). The molecule has 0 aliphatic rings. The number of rotatable bonds is 7. The highest BCUT2D eigenvalue weighted by atomic mass is 32.2. The van der Waals surface area contributed by atoms with Gasteiger partial charge in [-0.15, -0.1) is 10.2 Å². The van der Waals surface area contributed by atoms with E-state index in [9.17, 15) is 4.79 Å². The Balaban J connectivity index is 2.69. The second-order valence-corrected chi connectivity index (χ2v) is 6.23. The van der Waals surface area contributed by atoms with Gasteiger partial charge in [-0.1, -0.05) is 13.8 Å². The molecule has 0 atom stereocenters. The maximum absolute atomic E-state index is 11.7. The lowest BCUT2D eigenvalue weighted by Crippen LogP contribution is -2.32. The van der Waals surface area contributed by atoms with Gasteiger partial charge in [-0.25, -0.2) is 0 Å². The van der Waals surface area contributed by atoms with E-state index in [-0.39, 0.29) is 10.7 Å². The molecule has 0 aliphatic carbocycles. The summed E-state index contributed by atoms with van der Waals surface area (Å²) in [6, 6.07) is 3.51. The zero-order chi connectivity index (χ0) is 15.2. The van der Waals surface area contributed by atoms with E-state index >= 15 is 0 Å². The SMILES string of the molecule is CCC(CC)(CNc1ccc(C(=O)N(C)C)nn1)SC. The topological polar surface area (TPSA) is 58.1 Å². The Morgan fingerprint density at radius 2 is 1.95 bits per heavy atom. The van der Waals surface area contributed by atoms with E-state index in [4.69, 9.17) is 0 Å². The average Bonchev–Trinajstić information content (AvgIpc) is 2.49. The summed E-state index contributed by atoms with van der Waals surface area (Å²) in [6.45, 7) is 5.25. The molecule has 1 aromatic heterocycles. The van der Waals surface area contributed by atoms with Crippen LogP contribution in [0, 0.1) is 0 Å². The zero-order valence-electron chi connectivity index (χ0n) is 12.9. The number of hydrogen-bond donors (Lipinski definition) is 1. The molecule has 0 aliphatic heterocycles. The highest BCUT2D eigenvalue weighted by Gasteiger charge is 2.24. The molecule has 0 saturated heterocycles. The van der Waals surface area contributed by atoms with Crippen LogP contribution in [0.25, 0.3) is 0 Å². The minimum Gasteiger partial charge on any atom is -0.367 e. The summed E-state index contributed by atoms with van der Waals surface area (Å²) >= 11 is 1.88. The molecule has 1 rings (SSSR count). The Kier molecular flexibility index (Phi) is 6.26. The van der Waals surface area contributed by atoms with Crippen LogP contribution in [0.5, 0.6) is 0 Å². The number of carbonyl (C=O) groups excluding carboxylic acids is 1. The fraction of sp³-hybridized carbons (Fsp3) is 0.643. The van der Waals surface area contributed by atoms with Crippen molar-refractivity contribution in [2.24, 2.45) is 0 Å². The van der Waals surface area contributed by atoms with E-state index in [0.29, 0.717) is 11.5 Å². The van der Waals surface area contributed by atoms with Crippen LogP contribution >= 0.6 is 11.8 Å². The van der Waals surface area contributed by atoms with Crippen LogP contribution in [0.15, 0.2) is 12.1 Å². The molecule has 0 unspecified atom stereocenters. The van der Waals surface area contributed by atoms with Gasteiger partial charge in [0.05, 0.1) is 0 Å². The molecule has 112 valence electrons. The summed E-state index contributed by atoms with van der Waals surface area (Å²) in [5.41, 5.74) is 0.364. The fourth-order valence-corrected chi connectivity index (χ4v) is 2.68. The number of amides is 1. The van der Waals surface area contributed by atoms with Gasteiger partial charge in [0.25, 0.3) is 5.91 Å².